The van der Waals surface area contributed by atoms with E-state index in [1.165, 1.54) is 15.6 Å². The molecule has 0 spiro atoms. The number of piperazine rings is 1. The first kappa shape index (κ1) is 22.1. The van der Waals surface area contributed by atoms with Crippen LogP contribution in [0.3, 0.4) is 0 Å². The Morgan fingerprint density at radius 1 is 1.03 bits per heavy atom. The maximum absolute atomic E-state index is 13.4. The highest BCUT2D eigenvalue weighted by molar-refractivity contribution is 7.89. The second-order valence-electron chi connectivity index (χ2n) is 8.18. The van der Waals surface area contributed by atoms with Crippen LogP contribution in [0, 0.1) is 6.92 Å². The molecule has 0 atom stereocenters. The van der Waals surface area contributed by atoms with E-state index in [1.54, 1.807) is 17.9 Å². The highest BCUT2D eigenvalue weighted by Gasteiger charge is 2.32. The van der Waals surface area contributed by atoms with Crippen LogP contribution < -0.4 is 4.90 Å². The summed E-state index contributed by atoms with van der Waals surface area (Å²) in [5.74, 6) is -0.0935. The lowest BCUT2D eigenvalue weighted by atomic mass is 10.2. The number of likely N-dealkylation sites (tertiary alicyclic amines) is 1. The van der Waals surface area contributed by atoms with Gasteiger partial charge in [-0.25, -0.2) is 8.42 Å². The van der Waals surface area contributed by atoms with Crippen molar-refractivity contribution in [3.8, 4) is 10.7 Å². The molecule has 3 aromatic rings. The average molecular weight is 488 g/mol. The van der Waals surface area contributed by atoms with Gasteiger partial charge in [0.25, 0.3) is 0 Å². The van der Waals surface area contributed by atoms with Crippen LogP contribution in [-0.4, -0.2) is 72.9 Å². The highest BCUT2D eigenvalue weighted by Crippen LogP contribution is 2.34. The zero-order valence-corrected chi connectivity index (χ0v) is 19.9. The number of aryl methyl sites for hydroxylation is 1. The molecule has 0 saturated carbocycles. The molecule has 0 N–H and O–H groups in total. The second kappa shape index (κ2) is 8.88. The molecule has 4 heterocycles. The van der Waals surface area contributed by atoms with Gasteiger partial charge in [-0.15, -0.1) is 11.3 Å². The number of carbonyl (C=O) groups excluding carboxylic acids is 1. The maximum Gasteiger partial charge on any atom is 0.316 e. The molecule has 0 bridgehead atoms. The van der Waals surface area contributed by atoms with Crippen LogP contribution in [-0.2, 0) is 10.0 Å². The van der Waals surface area contributed by atoms with Gasteiger partial charge in [-0.3, -0.25) is 4.79 Å². The molecule has 33 heavy (non-hydrogen) atoms. The molecule has 0 unspecified atom stereocenters. The van der Waals surface area contributed by atoms with Gasteiger partial charge in [0.05, 0.1) is 9.77 Å². The van der Waals surface area contributed by atoms with Gasteiger partial charge < -0.3 is 14.3 Å². The number of thiophene rings is 1. The fraction of sp³-hybridized carbons (Fsp3) is 0.409. The summed E-state index contributed by atoms with van der Waals surface area (Å²) in [6.07, 6.45) is 1.94. The molecule has 0 radical (unpaired) electrons. The number of rotatable bonds is 5. The Balaban J connectivity index is 1.32. The second-order valence-corrected chi connectivity index (χ2v) is 11.3. The minimum atomic E-state index is -3.65. The molecule has 11 heteroatoms. The van der Waals surface area contributed by atoms with Gasteiger partial charge in [-0.2, -0.15) is 9.29 Å². The molecule has 9 nitrogen and oxygen atoms in total. The Kier molecular flexibility index (Phi) is 5.94. The largest absolute Gasteiger partial charge is 0.369 e. The van der Waals surface area contributed by atoms with Gasteiger partial charge in [0.2, 0.25) is 15.8 Å². The third-order valence-corrected chi connectivity index (χ3v) is 9.27. The summed E-state index contributed by atoms with van der Waals surface area (Å²) in [4.78, 5) is 22.1. The van der Waals surface area contributed by atoms with Crippen molar-refractivity contribution in [2.75, 3.05) is 44.2 Å². The number of sulfonamides is 1. The van der Waals surface area contributed by atoms with Gasteiger partial charge in [0.1, 0.15) is 0 Å². The lowest BCUT2D eigenvalue weighted by Crippen LogP contribution is -2.48. The number of amides is 1. The Morgan fingerprint density at radius 3 is 2.42 bits per heavy atom. The van der Waals surface area contributed by atoms with E-state index in [1.807, 2.05) is 30.3 Å². The van der Waals surface area contributed by atoms with E-state index < -0.39 is 10.0 Å². The fourth-order valence-corrected chi connectivity index (χ4v) is 7.17. The average Bonchev–Trinajstić information content (AvgIpc) is 3.60. The number of hydrogen-bond acceptors (Lipinski definition) is 8. The summed E-state index contributed by atoms with van der Waals surface area (Å²) in [7, 11) is -3.65. The molecule has 2 aliphatic rings. The zero-order valence-electron chi connectivity index (χ0n) is 18.3. The number of carbonyl (C=O) groups is 1. The van der Waals surface area contributed by atoms with Crippen molar-refractivity contribution >= 4 is 33.0 Å². The molecule has 2 aromatic heterocycles. The number of aromatic nitrogens is 2. The van der Waals surface area contributed by atoms with E-state index in [4.69, 9.17) is 4.52 Å². The first-order valence-electron chi connectivity index (χ1n) is 11.0. The molecular weight excluding hydrogens is 462 g/mol. The van der Waals surface area contributed by atoms with Crippen molar-refractivity contribution in [2.45, 2.75) is 24.7 Å². The van der Waals surface area contributed by atoms with E-state index in [-0.39, 0.29) is 22.5 Å². The number of nitrogens with zero attached hydrogens (tertiary/aromatic N) is 5. The van der Waals surface area contributed by atoms with Crippen LogP contribution in [0.4, 0.5) is 5.69 Å². The number of benzene rings is 1. The van der Waals surface area contributed by atoms with Crippen molar-refractivity contribution < 1.29 is 17.7 Å². The van der Waals surface area contributed by atoms with E-state index in [9.17, 15) is 13.2 Å². The molecule has 174 valence electrons. The number of para-hydroxylation sites is 1. The molecule has 5 rings (SSSR count). The monoisotopic (exact) mass is 487 g/mol. The predicted octanol–water partition coefficient (Wildman–Crippen LogP) is 2.85. The van der Waals surface area contributed by atoms with Crippen LogP contribution in [0.25, 0.3) is 10.7 Å². The molecule has 0 aliphatic carbocycles. The number of anilines is 1. The van der Waals surface area contributed by atoms with Crippen LogP contribution in [0.2, 0.25) is 0 Å². The van der Waals surface area contributed by atoms with Crippen molar-refractivity contribution in [1.82, 2.24) is 19.3 Å². The van der Waals surface area contributed by atoms with Crippen LogP contribution in [0.15, 0.2) is 45.8 Å². The lowest BCUT2D eigenvalue weighted by Gasteiger charge is -2.35. The SMILES string of the molecule is Cc1sc(-c2noc(C(=O)N3CCCC3)n2)cc1S(=O)(=O)N1CCN(c2ccccc2)CC1. The quantitative estimate of drug-likeness (QED) is 0.546. The molecule has 2 saturated heterocycles. The van der Waals surface area contributed by atoms with Crippen molar-refractivity contribution in [1.29, 1.82) is 0 Å². The minimum absolute atomic E-state index is 0.0561. The Labute approximate surface area is 196 Å². The van der Waals surface area contributed by atoms with E-state index in [0.29, 0.717) is 49.0 Å². The summed E-state index contributed by atoms with van der Waals surface area (Å²) < 4.78 is 33.5. The first-order valence-corrected chi connectivity index (χ1v) is 13.2. The summed E-state index contributed by atoms with van der Waals surface area (Å²) in [5, 5.41) is 3.93. The Morgan fingerprint density at radius 2 is 1.73 bits per heavy atom. The Bertz CT molecular complexity index is 1240. The molecule has 2 fully saturated rings. The normalized spacial score (nSPS) is 17.6. The third-order valence-electron chi connectivity index (χ3n) is 6.07. The van der Waals surface area contributed by atoms with E-state index in [2.05, 4.69) is 15.0 Å². The summed E-state index contributed by atoms with van der Waals surface area (Å²) >= 11 is 1.29. The van der Waals surface area contributed by atoms with Crippen molar-refractivity contribution in [2.24, 2.45) is 0 Å². The zero-order chi connectivity index (χ0) is 23.0. The highest BCUT2D eigenvalue weighted by atomic mass is 32.2. The van der Waals surface area contributed by atoms with Crippen LogP contribution >= 0.6 is 11.3 Å². The van der Waals surface area contributed by atoms with Crippen LogP contribution in [0.5, 0.6) is 0 Å². The predicted molar refractivity (Wildman–Crippen MR) is 125 cm³/mol. The Hall–Kier alpha value is -2.76. The third kappa shape index (κ3) is 4.28. The van der Waals surface area contributed by atoms with Crippen molar-refractivity contribution in [3.63, 3.8) is 0 Å². The lowest BCUT2D eigenvalue weighted by molar-refractivity contribution is 0.0743. The van der Waals surface area contributed by atoms with Gasteiger partial charge in [-0.1, -0.05) is 23.4 Å². The maximum atomic E-state index is 13.4. The van der Waals surface area contributed by atoms with Gasteiger partial charge in [0, 0.05) is 49.8 Å². The standard InChI is InChI=1S/C22H25N5O4S2/c1-16-19(33(29,30)27-13-11-25(12-14-27)17-7-3-2-4-8-17)15-18(32-16)20-23-21(31-24-20)22(28)26-9-5-6-10-26/h2-4,7-8,15H,5-6,9-14H2,1H3. The van der Waals surface area contributed by atoms with Crippen molar-refractivity contribution in [3.05, 3.63) is 47.2 Å². The molecule has 1 amide bonds. The van der Waals surface area contributed by atoms with Gasteiger partial charge in [0.15, 0.2) is 0 Å². The molecule has 1 aromatic carbocycles. The van der Waals surface area contributed by atoms with Crippen LogP contribution in [0.1, 0.15) is 28.4 Å². The fourth-order valence-electron chi connectivity index (χ4n) is 4.26. The number of hydrogen-bond donors (Lipinski definition) is 0. The first-order chi connectivity index (χ1) is 15.9. The summed E-state index contributed by atoms with van der Waals surface area (Å²) in [6.45, 7) is 5.25. The topological polar surface area (TPSA) is 99.8 Å². The molecular formula is C22H25N5O4S2. The van der Waals surface area contributed by atoms with Gasteiger partial charge >= 0.3 is 11.8 Å². The summed E-state index contributed by atoms with van der Waals surface area (Å²) in [5.41, 5.74) is 1.10. The van der Waals surface area contributed by atoms with E-state index in [0.717, 1.165) is 18.5 Å². The summed E-state index contributed by atoms with van der Waals surface area (Å²) in [6, 6.07) is 11.6. The molecule has 2 aliphatic heterocycles. The smallest absolute Gasteiger partial charge is 0.316 e. The van der Waals surface area contributed by atoms with E-state index >= 15 is 0 Å². The minimum Gasteiger partial charge on any atom is -0.369 e. The van der Waals surface area contributed by atoms with Gasteiger partial charge in [-0.05, 0) is 38.0 Å².